The number of likely N-dealkylation sites (tertiary alicyclic amines) is 1. The van der Waals surface area contributed by atoms with Crippen LogP contribution >= 0.6 is 12.4 Å². The second-order valence-electron chi connectivity index (χ2n) is 5.18. The fourth-order valence-corrected chi connectivity index (χ4v) is 2.85. The van der Waals surface area contributed by atoms with E-state index in [0.717, 1.165) is 52.2 Å². The summed E-state index contributed by atoms with van der Waals surface area (Å²) in [6.45, 7) is 6.07. The van der Waals surface area contributed by atoms with Crippen LogP contribution in [0.15, 0.2) is 0 Å². The van der Waals surface area contributed by atoms with Gasteiger partial charge in [0, 0.05) is 32.2 Å². The van der Waals surface area contributed by atoms with E-state index in [2.05, 4.69) is 15.1 Å². The van der Waals surface area contributed by atoms with Gasteiger partial charge < -0.3 is 15.0 Å². The lowest BCUT2D eigenvalue weighted by Crippen LogP contribution is -2.52. The average Bonchev–Trinajstić information content (AvgIpc) is 2.41. The molecule has 0 saturated carbocycles. The number of rotatable bonds is 4. The van der Waals surface area contributed by atoms with Gasteiger partial charge in [-0.25, -0.2) is 0 Å². The van der Waals surface area contributed by atoms with E-state index >= 15 is 0 Å². The summed E-state index contributed by atoms with van der Waals surface area (Å²) in [7, 11) is 1.83. The third kappa shape index (κ3) is 4.91. The summed E-state index contributed by atoms with van der Waals surface area (Å²) in [6.07, 6.45) is 3.54. The molecule has 2 fully saturated rings. The number of nitrogens with zero attached hydrogens (tertiary/aromatic N) is 2. The number of morpholine rings is 1. The molecule has 0 aliphatic carbocycles. The molecule has 1 N–H and O–H groups in total. The van der Waals surface area contributed by atoms with Gasteiger partial charge in [-0.05, 0) is 26.3 Å². The van der Waals surface area contributed by atoms with Crippen molar-refractivity contribution in [1.29, 1.82) is 0 Å². The van der Waals surface area contributed by atoms with E-state index in [0.29, 0.717) is 12.6 Å². The molecule has 6 heteroatoms. The zero-order valence-corrected chi connectivity index (χ0v) is 12.6. The van der Waals surface area contributed by atoms with Gasteiger partial charge in [0.2, 0.25) is 5.91 Å². The molecule has 2 heterocycles. The molecule has 0 aromatic heterocycles. The highest BCUT2D eigenvalue weighted by atomic mass is 35.5. The van der Waals surface area contributed by atoms with E-state index in [9.17, 15) is 4.79 Å². The molecule has 1 amide bonds. The van der Waals surface area contributed by atoms with E-state index in [1.165, 1.54) is 6.42 Å². The third-order valence-corrected chi connectivity index (χ3v) is 3.85. The maximum Gasteiger partial charge on any atom is 0.236 e. The second-order valence-corrected chi connectivity index (χ2v) is 5.18. The Morgan fingerprint density at radius 3 is 2.68 bits per heavy atom. The van der Waals surface area contributed by atoms with Gasteiger partial charge in [-0.3, -0.25) is 9.69 Å². The van der Waals surface area contributed by atoms with Crippen molar-refractivity contribution in [3.05, 3.63) is 0 Å². The van der Waals surface area contributed by atoms with Crippen LogP contribution in [0, 0.1) is 0 Å². The van der Waals surface area contributed by atoms with Gasteiger partial charge in [-0.2, -0.15) is 0 Å². The Bertz CT molecular complexity index is 273. The summed E-state index contributed by atoms with van der Waals surface area (Å²) in [5, 5.41) is 2.96. The highest BCUT2D eigenvalue weighted by Crippen LogP contribution is 2.18. The normalized spacial score (nSPS) is 24.9. The van der Waals surface area contributed by atoms with E-state index in [-0.39, 0.29) is 18.3 Å². The predicted molar refractivity (Wildman–Crippen MR) is 77.8 cm³/mol. The van der Waals surface area contributed by atoms with Gasteiger partial charge in [0.15, 0.2) is 0 Å². The zero-order chi connectivity index (χ0) is 12.8. The Hall–Kier alpha value is -0.360. The lowest BCUT2D eigenvalue weighted by Gasteiger charge is -2.39. The molecule has 2 saturated heterocycles. The molecule has 2 rings (SSSR count). The summed E-state index contributed by atoms with van der Waals surface area (Å²) in [4.78, 5) is 16.6. The molecule has 0 spiro atoms. The zero-order valence-electron chi connectivity index (χ0n) is 11.8. The van der Waals surface area contributed by atoms with Gasteiger partial charge >= 0.3 is 0 Å². The minimum absolute atomic E-state index is 0. The highest BCUT2D eigenvalue weighted by Gasteiger charge is 2.28. The molecule has 0 radical (unpaired) electrons. The van der Waals surface area contributed by atoms with Gasteiger partial charge in [0.1, 0.15) is 0 Å². The number of carbonyl (C=O) groups is 1. The molecule has 0 aromatic rings. The first-order valence-corrected chi connectivity index (χ1v) is 7.05. The second kappa shape index (κ2) is 8.74. The Labute approximate surface area is 122 Å². The molecule has 1 atom stereocenters. The van der Waals surface area contributed by atoms with Crippen LogP contribution in [-0.2, 0) is 9.53 Å². The van der Waals surface area contributed by atoms with Gasteiger partial charge in [0.05, 0.1) is 19.8 Å². The number of hydrogen-bond donors (Lipinski definition) is 1. The van der Waals surface area contributed by atoms with Crippen molar-refractivity contribution in [2.75, 3.05) is 53.0 Å². The molecule has 0 bridgehead atoms. The number of hydrogen-bond acceptors (Lipinski definition) is 4. The van der Waals surface area contributed by atoms with Crippen LogP contribution < -0.4 is 5.32 Å². The number of ether oxygens (including phenoxy) is 1. The Balaban J connectivity index is 0.00000180. The van der Waals surface area contributed by atoms with Crippen LogP contribution in [0.5, 0.6) is 0 Å². The molecule has 2 aliphatic heterocycles. The quantitative estimate of drug-likeness (QED) is 0.811. The van der Waals surface area contributed by atoms with E-state index < -0.39 is 0 Å². The topological polar surface area (TPSA) is 44.8 Å². The average molecular weight is 292 g/mol. The maximum absolute atomic E-state index is 12.1. The minimum Gasteiger partial charge on any atom is -0.379 e. The van der Waals surface area contributed by atoms with Crippen molar-refractivity contribution in [3.63, 3.8) is 0 Å². The number of likely N-dealkylation sites (N-methyl/N-ethyl adjacent to an activating group) is 1. The molecular weight excluding hydrogens is 266 g/mol. The molecule has 1 unspecified atom stereocenters. The van der Waals surface area contributed by atoms with Crippen molar-refractivity contribution in [3.8, 4) is 0 Å². The van der Waals surface area contributed by atoms with E-state index in [1.807, 2.05) is 7.05 Å². The SMILES string of the molecule is CNCC(=O)N1CCCCC1CN1CCOCC1.Cl. The van der Waals surface area contributed by atoms with Crippen molar-refractivity contribution >= 4 is 18.3 Å². The van der Waals surface area contributed by atoms with Crippen molar-refractivity contribution in [1.82, 2.24) is 15.1 Å². The summed E-state index contributed by atoms with van der Waals surface area (Å²) in [6, 6.07) is 0.401. The number of halogens is 1. The Morgan fingerprint density at radius 1 is 1.26 bits per heavy atom. The van der Waals surface area contributed by atoms with Crippen LogP contribution in [-0.4, -0.2) is 74.7 Å². The number of piperidine rings is 1. The summed E-state index contributed by atoms with van der Waals surface area (Å²) in [5.74, 6) is 0.246. The van der Waals surface area contributed by atoms with Crippen LogP contribution in [0.1, 0.15) is 19.3 Å². The lowest BCUT2D eigenvalue weighted by molar-refractivity contribution is -0.134. The first-order valence-electron chi connectivity index (χ1n) is 7.05. The minimum atomic E-state index is 0. The highest BCUT2D eigenvalue weighted by molar-refractivity contribution is 5.85. The lowest BCUT2D eigenvalue weighted by atomic mass is 10.0. The standard InChI is InChI=1S/C13H25N3O2.ClH/c1-14-10-13(17)16-5-3-2-4-12(16)11-15-6-8-18-9-7-15;/h12,14H,2-11H2,1H3;1H. The van der Waals surface area contributed by atoms with Crippen LogP contribution in [0.4, 0.5) is 0 Å². The summed E-state index contributed by atoms with van der Waals surface area (Å²) < 4.78 is 5.37. The van der Waals surface area contributed by atoms with Crippen molar-refractivity contribution < 1.29 is 9.53 Å². The smallest absolute Gasteiger partial charge is 0.236 e. The summed E-state index contributed by atoms with van der Waals surface area (Å²) >= 11 is 0. The first kappa shape index (κ1) is 16.7. The van der Waals surface area contributed by atoms with Crippen LogP contribution in [0.2, 0.25) is 0 Å². The number of amides is 1. The maximum atomic E-state index is 12.1. The largest absolute Gasteiger partial charge is 0.379 e. The monoisotopic (exact) mass is 291 g/mol. The third-order valence-electron chi connectivity index (χ3n) is 3.85. The van der Waals surface area contributed by atoms with Crippen LogP contribution in [0.25, 0.3) is 0 Å². The predicted octanol–water partition coefficient (Wildman–Crippen LogP) is 0.341. The molecule has 5 nitrogen and oxygen atoms in total. The molecule has 112 valence electrons. The first-order chi connectivity index (χ1) is 8.81. The number of carbonyl (C=O) groups excluding carboxylic acids is 1. The Kier molecular flexibility index (Phi) is 7.68. The molecule has 0 aromatic carbocycles. The fraction of sp³-hybridized carbons (Fsp3) is 0.923. The molecule has 19 heavy (non-hydrogen) atoms. The van der Waals surface area contributed by atoms with Gasteiger partial charge in [0.25, 0.3) is 0 Å². The van der Waals surface area contributed by atoms with E-state index in [1.54, 1.807) is 0 Å². The molecular formula is C13H26ClN3O2. The number of nitrogens with one attached hydrogen (secondary N) is 1. The van der Waals surface area contributed by atoms with Crippen LogP contribution in [0.3, 0.4) is 0 Å². The van der Waals surface area contributed by atoms with E-state index in [4.69, 9.17) is 4.74 Å². The van der Waals surface area contributed by atoms with Crippen molar-refractivity contribution in [2.24, 2.45) is 0 Å². The van der Waals surface area contributed by atoms with Gasteiger partial charge in [-0.15, -0.1) is 12.4 Å². The fourth-order valence-electron chi connectivity index (χ4n) is 2.85. The van der Waals surface area contributed by atoms with Crippen molar-refractivity contribution in [2.45, 2.75) is 25.3 Å². The molecule has 2 aliphatic rings. The van der Waals surface area contributed by atoms with Gasteiger partial charge in [-0.1, -0.05) is 0 Å². The summed E-state index contributed by atoms with van der Waals surface area (Å²) in [5.41, 5.74) is 0. The Morgan fingerprint density at radius 2 is 2.00 bits per heavy atom.